The average molecular weight is 577 g/mol. The molecule has 0 aliphatic carbocycles. The van der Waals surface area contributed by atoms with Crippen molar-refractivity contribution < 1.29 is 32.2 Å². The van der Waals surface area contributed by atoms with Crippen LogP contribution in [0.4, 0.5) is 34.0 Å². The van der Waals surface area contributed by atoms with E-state index in [-0.39, 0.29) is 29.5 Å². The normalized spacial score (nSPS) is 21.1. The third-order valence-corrected chi connectivity index (χ3v) is 7.66. The number of carbonyl (C=O) groups excluding carboxylic acids is 1. The number of amides is 1. The highest BCUT2D eigenvalue weighted by Gasteiger charge is 2.50. The Balaban J connectivity index is 1.61. The molecule has 5 rings (SSSR count). The van der Waals surface area contributed by atoms with Gasteiger partial charge in [0.05, 0.1) is 29.4 Å². The molecule has 0 spiro atoms. The van der Waals surface area contributed by atoms with E-state index in [0.29, 0.717) is 35.4 Å². The highest BCUT2D eigenvalue weighted by atomic mass is 19.4. The number of nitrogens with zero attached hydrogens (tertiary/aromatic N) is 5. The molecule has 3 aromatic rings. The molecule has 5 heterocycles. The Morgan fingerprint density at radius 3 is 2.41 bits per heavy atom. The van der Waals surface area contributed by atoms with Gasteiger partial charge in [0.1, 0.15) is 22.9 Å². The van der Waals surface area contributed by atoms with E-state index in [1.165, 1.54) is 13.1 Å². The molecule has 9 nitrogen and oxygen atoms in total. The largest absolute Gasteiger partial charge is 0.444 e. The molecule has 3 N–H and O–H groups in total. The predicted octanol–water partition coefficient (Wildman–Crippen LogP) is 4.92. The number of aromatic nitrogens is 3. The number of carbonyl (C=O) groups is 1. The molecule has 2 aliphatic rings. The topological polar surface area (TPSA) is 118 Å². The molecule has 41 heavy (non-hydrogen) atoms. The third kappa shape index (κ3) is 5.00. The van der Waals surface area contributed by atoms with Crippen LogP contribution in [0.5, 0.6) is 0 Å². The molecular formula is C28H32F4N6O3. The average Bonchev–Trinajstić information content (AvgIpc) is 3.03. The number of anilines is 2. The minimum absolute atomic E-state index is 0.0844. The fraction of sp³-hybridized carbons (Fsp3) is 0.500. The number of aliphatic hydroxyl groups is 1. The minimum atomic E-state index is -4.81. The minimum Gasteiger partial charge on any atom is -0.444 e. The maximum atomic E-state index is 16.3. The Bertz CT molecular complexity index is 1560. The van der Waals surface area contributed by atoms with Gasteiger partial charge in [-0.3, -0.25) is 9.88 Å². The van der Waals surface area contributed by atoms with Gasteiger partial charge in [0, 0.05) is 41.3 Å². The third-order valence-electron chi connectivity index (χ3n) is 7.66. The first-order valence-electron chi connectivity index (χ1n) is 13.2. The van der Waals surface area contributed by atoms with Crippen molar-refractivity contribution in [3.8, 4) is 11.3 Å². The number of halogens is 4. The van der Waals surface area contributed by atoms with E-state index in [4.69, 9.17) is 15.5 Å². The maximum Gasteiger partial charge on any atom is 0.418 e. The van der Waals surface area contributed by atoms with Crippen molar-refractivity contribution in [2.24, 2.45) is 0 Å². The highest BCUT2D eigenvalue weighted by molar-refractivity contribution is 5.97. The first-order chi connectivity index (χ1) is 19.0. The van der Waals surface area contributed by atoms with E-state index in [1.54, 1.807) is 39.5 Å². The number of piperazine rings is 1. The smallest absolute Gasteiger partial charge is 0.418 e. The summed E-state index contributed by atoms with van der Waals surface area (Å²) in [4.78, 5) is 28.9. The van der Waals surface area contributed by atoms with Crippen molar-refractivity contribution in [2.45, 2.75) is 77.9 Å². The van der Waals surface area contributed by atoms with Crippen LogP contribution in [-0.4, -0.2) is 67.9 Å². The Kier molecular flexibility index (Phi) is 6.79. The van der Waals surface area contributed by atoms with Crippen LogP contribution < -0.4 is 10.6 Å². The van der Waals surface area contributed by atoms with Crippen molar-refractivity contribution in [2.75, 3.05) is 23.7 Å². The number of ether oxygens (including phenoxy) is 1. The fourth-order valence-corrected chi connectivity index (χ4v) is 5.88. The number of hydrogen-bond donors (Lipinski definition) is 2. The molecule has 2 fully saturated rings. The summed E-state index contributed by atoms with van der Waals surface area (Å²) in [5.74, 6) is -0.750. The molecule has 0 unspecified atom stereocenters. The van der Waals surface area contributed by atoms with Gasteiger partial charge in [-0.25, -0.2) is 19.2 Å². The molecular weight excluding hydrogens is 544 g/mol. The Labute approximate surface area is 234 Å². The summed E-state index contributed by atoms with van der Waals surface area (Å²) < 4.78 is 63.9. The molecule has 2 aliphatic heterocycles. The second-order valence-corrected chi connectivity index (χ2v) is 11.7. The van der Waals surface area contributed by atoms with Gasteiger partial charge in [0.15, 0.2) is 5.82 Å². The summed E-state index contributed by atoms with van der Waals surface area (Å²) in [7, 11) is 0. The summed E-state index contributed by atoms with van der Waals surface area (Å²) in [5, 5.41) is 11.2. The lowest BCUT2D eigenvalue weighted by Gasteiger charge is -2.42. The molecule has 13 heteroatoms. The van der Waals surface area contributed by atoms with Gasteiger partial charge in [-0.05, 0) is 59.6 Å². The van der Waals surface area contributed by atoms with Gasteiger partial charge in [-0.15, -0.1) is 0 Å². The number of alkyl halides is 3. The van der Waals surface area contributed by atoms with Gasteiger partial charge in [-0.2, -0.15) is 13.2 Å². The maximum absolute atomic E-state index is 16.3. The van der Waals surface area contributed by atoms with Crippen LogP contribution in [-0.2, 0) is 10.9 Å². The standard InChI is InChI=1S/C28H32F4N6O3/c1-12-13(2)36-25(37-10-15-7-19(39)18(11-37)38(15)26(40)41-27(4,5)6)17-9-34-24(23(29)21(12)17)16-8-20(33)35-14(3)22(16)28(30,31)32/h8-9,15,18-19,39H,7,10-11H2,1-6H3,(H2,33,35)/t15-,18-,19-/m1/s1. The number of aliphatic hydroxyl groups excluding tert-OH is 1. The van der Waals surface area contributed by atoms with E-state index in [2.05, 4.69) is 9.97 Å². The molecule has 3 aromatic heterocycles. The van der Waals surface area contributed by atoms with E-state index in [1.807, 2.05) is 4.90 Å². The summed E-state index contributed by atoms with van der Waals surface area (Å²) in [5.41, 5.74) is 3.50. The van der Waals surface area contributed by atoms with Crippen molar-refractivity contribution in [3.63, 3.8) is 0 Å². The molecule has 2 bridgehead atoms. The van der Waals surface area contributed by atoms with Crippen LogP contribution in [0.15, 0.2) is 12.3 Å². The van der Waals surface area contributed by atoms with Crippen molar-refractivity contribution in [1.29, 1.82) is 0 Å². The van der Waals surface area contributed by atoms with Crippen molar-refractivity contribution >= 4 is 28.5 Å². The Hall–Kier alpha value is -3.74. The molecule has 220 valence electrons. The van der Waals surface area contributed by atoms with E-state index in [9.17, 15) is 23.1 Å². The van der Waals surface area contributed by atoms with E-state index >= 15 is 4.39 Å². The fourth-order valence-electron chi connectivity index (χ4n) is 5.88. The van der Waals surface area contributed by atoms with Gasteiger partial charge < -0.3 is 20.5 Å². The van der Waals surface area contributed by atoms with E-state index in [0.717, 1.165) is 6.07 Å². The van der Waals surface area contributed by atoms with Crippen LogP contribution in [0.3, 0.4) is 0 Å². The van der Waals surface area contributed by atoms with Crippen LogP contribution in [0.1, 0.15) is 49.7 Å². The zero-order chi connectivity index (χ0) is 30.2. The number of fused-ring (bicyclic) bond motifs is 3. The molecule has 0 radical (unpaired) electrons. The molecule has 0 saturated carbocycles. The monoisotopic (exact) mass is 576 g/mol. The molecule has 1 amide bonds. The lowest BCUT2D eigenvalue weighted by Crippen LogP contribution is -2.58. The van der Waals surface area contributed by atoms with Crippen LogP contribution in [0.2, 0.25) is 0 Å². The lowest BCUT2D eigenvalue weighted by atomic mass is 9.98. The van der Waals surface area contributed by atoms with Gasteiger partial charge in [-0.1, -0.05) is 0 Å². The molecule has 0 aromatic carbocycles. The summed E-state index contributed by atoms with van der Waals surface area (Å²) in [6.45, 7) is 10.3. The van der Waals surface area contributed by atoms with Crippen molar-refractivity contribution in [3.05, 3.63) is 40.6 Å². The quantitative estimate of drug-likeness (QED) is 0.413. The Morgan fingerprint density at radius 2 is 1.80 bits per heavy atom. The van der Waals surface area contributed by atoms with Crippen LogP contribution in [0.25, 0.3) is 22.0 Å². The number of pyridine rings is 3. The van der Waals surface area contributed by atoms with Crippen molar-refractivity contribution in [1.82, 2.24) is 19.9 Å². The number of aryl methyl sites for hydroxylation is 3. The predicted molar refractivity (Wildman–Crippen MR) is 145 cm³/mol. The summed E-state index contributed by atoms with van der Waals surface area (Å²) in [6.07, 6.45) is -4.48. The first kappa shape index (κ1) is 28.8. The van der Waals surface area contributed by atoms with Gasteiger partial charge in [0.25, 0.3) is 0 Å². The van der Waals surface area contributed by atoms with Crippen LogP contribution >= 0.6 is 0 Å². The number of nitrogens with two attached hydrogens (primary N) is 1. The number of rotatable bonds is 2. The van der Waals surface area contributed by atoms with Gasteiger partial charge in [0.2, 0.25) is 0 Å². The zero-order valence-electron chi connectivity index (χ0n) is 23.6. The molecule has 3 atom stereocenters. The molecule has 2 saturated heterocycles. The summed E-state index contributed by atoms with van der Waals surface area (Å²) in [6, 6.07) is 0.00860. The lowest BCUT2D eigenvalue weighted by molar-refractivity contribution is -0.137. The second-order valence-electron chi connectivity index (χ2n) is 11.7. The first-order valence-corrected chi connectivity index (χ1v) is 13.2. The highest BCUT2D eigenvalue weighted by Crippen LogP contribution is 2.43. The number of nitrogen functional groups attached to an aromatic ring is 1. The Morgan fingerprint density at radius 1 is 1.12 bits per heavy atom. The van der Waals surface area contributed by atoms with E-state index < -0.39 is 52.7 Å². The zero-order valence-corrected chi connectivity index (χ0v) is 23.6. The van der Waals surface area contributed by atoms with Gasteiger partial charge >= 0.3 is 12.3 Å². The summed E-state index contributed by atoms with van der Waals surface area (Å²) >= 11 is 0. The van der Waals surface area contributed by atoms with Crippen LogP contribution in [0, 0.1) is 26.6 Å². The number of hydrogen-bond acceptors (Lipinski definition) is 8. The second kappa shape index (κ2) is 9.68. The SMILES string of the molecule is Cc1nc(N)cc(-c2ncc3c(N4C[C@H]5C[C@@H](O)[C@@H](C4)N5C(=O)OC(C)(C)C)nc(C)c(C)c3c2F)c1C(F)(F)F.